The minimum Gasteiger partial charge on any atom is -0.341 e. The molecule has 1 aliphatic rings. The Kier molecular flexibility index (Phi) is 4.86. The lowest BCUT2D eigenvalue weighted by atomic mass is 9.87. The number of carbonyl (C=O) groups is 1. The van der Waals surface area contributed by atoms with Crippen LogP contribution in [-0.4, -0.2) is 35.1 Å². The van der Waals surface area contributed by atoms with Crippen molar-refractivity contribution in [2.24, 2.45) is 5.92 Å². The van der Waals surface area contributed by atoms with E-state index in [0.717, 1.165) is 11.8 Å². The van der Waals surface area contributed by atoms with Gasteiger partial charge in [0.05, 0.1) is 11.1 Å². The normalized spacial score (nSPS) is 20.8. The van der Waals surface area contributed by atoms with Crippen molar-refractivity contribution in [3.63, 3.8) is 0 Å². The Morgan fingerprint density at radius 1 is 1.31 bits per heavy atom. The lowest BCUT2D eigenvalue weighted by Crippen LogP contribution is -2.44. The van der Waals surface area contributed by atoms with E-state index in [4.69, 9.17) is 0 Å². The fourth-order valence-corrected chi connectivity index (χ4v) is 3.53. The number of halogens is 3. The molecular weight excluding hydrogens is 343 g/mol. The number of benzene rings is 1. The fraction of sp³-hybridized carbons (Fsp3) is 0.421. The Bertz CT molecular complexity index is 872. The highest BCUT2D eigenvalue weighted by Crippen LogP contribution is 2.32. The predicted molar refractivity (Wildman–Crippen MR) is 90.2 cm³/mol. The summed E-state index contributed by atoms with van der Waals surface area (Å²) in [5.41, 5.74) is 1.74. The number of aromatic nitrogens is 1. The molecule has 0 saturated carbocycles. The van der Waals surface area contributed by atoms with Gasteiger partial charge in [-0.25, -0.2) is 0 Å². The second-order valence-corrected chi connectivity index (χ2v) is 6.85. The summed E-state index contributed by atoms with van der Waals surface area (Å²) in [7, 11) is 0. The summed E-state index contributed by atoms with van der Waals surface area (Å²) >= 11 is 0. The van der Waals surface area contributed by atoms with Crippen LogP contribution in [0.4, 0.5) is 13.2 Å². The van der Waals surface area contributed by atoms with Crippen LogP contribution in [0.2, 0.25) is 0 Å². The summed E-state index contributed by atoms with van der Waals surface area (Å²) in [5, 5.41) is 10.1. The number of carbonyl (C=O) groups excluding carboxylic acids is 1. The number of amides is 1. The van der Waals surface area contributed by atoms with Gasteiger partial charge in [-0.05, 0) is 24.5 Å². The van der Waals surface area contributed by atoms with Gasteiger partial charge in [-0.15, -0.1) is 0 Å². The molecule has 4 nitrogen and oxygen atoms in total. The predicted octanol–water partition coefficient (Wildman–Crippen LogP) is 4.01. The molecule has 7 heteroatoms. The van der Waals surface area contributed by atoms with E-state index in [1.54, 1.807) is 12.1 Å². The average molecular weight is 361 g/mol. The van der Waals surface area contributed by atoms with Crippen LogP contribution in [0.15, 0.2) is 30.3 Å². The highest BCUT2D eigenvalue weighted by molar-refractivity contribution is 5.84. The minimum absolute atomic E-state index is 0.0784. The summed E-state index contributed by atoms with van der Waals surface area (Å²) in [6.07, 6.45) is -5.20. The molecule has 1 aliphatic heterocycles. The van der Waals surface area contributed by atoms with Crippen molar-refractivity contribution in [3.05, 3.63) is 41.6 Å². The first-order valence-electron chi connectivity index (χ1n) is 8.41. The summed E-state index contributed by atoms with van der Waals surface area (Å²) in [5.74, 6) is -0.964. The number of hydrogen-bond donors (Lipinski definition) is 0. The van der Waals surface area contributed by atoms with Gasteiger partial charge in [-0.1, -0.05) is 25.1 Å². The van der Waals surface area contributed by atoms with E-state index in [1.807, 2.05) is 25.1 Å². The van der Waals surface area contributed by atoms with Crippen molar-refractivity contribution in [2.75, 3.05) is 13.1 Å². The maximum atomic E-state index is 12.5. The van der Waals surface area contributed by atoms with E-state index in [0.29, 0.717) is 23.3 Å². The number of nitriles is 1. The van der Waals surface area contributed by atoms with Crippen molar-refractivity contribution >= 4 is 16.8 Å². The zero-order valence-electron chi connectivity index (χ0n) is 14.3. The molecule has 2 heterocycles. The molecule has 0 aliphatic carbocycles. The first-order valence-corrected chi connectivity index (χ1v) is 8.41. The third-order valence-electron chi connectivity index (χ3n) is 4.64. The number of para-hydroxylation sites is 1. The Balaban J connectivity index is 1.87. The Morgan fingerprint density at radius 3 is 2.77 bits per heavy atom. The average Bonchev–Trinajstić information content (AvgIpc) is 2.58. The van der Waals surface area contributed by atoms with Gasteiger partial charge in [0.25, 0.3) is 0 Å². The fourth-order valence-electron chi connectivity index (χ4n) is 3.53. The zero-order chi connectivity index (χ0) is 18.9. The van der Waals surface area contributed by atoms with E-state index in [-0.39, 0.29) is 18.4 Å². The van der Waals surface area contributed by atoms with Crippen LogP contribution in [0.3, 0.4) is 0 Å². The van der Waals surface area contributed by atoms with Crippen LogP contribution in [0.25, 0.3) is 10.9 Å². The number of piperidine rings is 1. The van der Waals surface area contributed by atoms with E-state index in [2.05, 4.69) is 11.1 Å². The van der Waals surface area contributed by atoms with E-state index < -0.39 is 18.5 Å². The number of rotatable bonds is 2. The number of hydrogen-bond acceptors (Lipinski definition) is 3. The summed E-state index contributed by atoms with van der Waals surface area (Å²) in [6, 6.07) is 11.1. The maximum absolute atomic E-state index is 12.5. The Labute approximate surface area is 149 Å². The molecule has 0 spiro atoms. The van der Waals surface area contributed by atoms with Gasteiger partial charge < -0.3 is 4.90 Å². The second-order valence-electron chi connectivity index (χ2n) is 6.85. The minimum atomic E-state index is -4.50. The molecule has 0 bridgehead atoms. The van der Waals surface area contributed by atoms with Crippen LogP contribution in [0, 0.1) is 17.2 Å². The molecule has 2 aromatic rings. The Morgan fingerprint density at radius 2 is 2.08 bits per heavy atom. The van der Waals surface area contributed by atoms with Gasteiger partial charge in [0, 0.05) is 30.1 Å². The van der Waals surface area contributed by atoms with E-state index >= 15 is 0 Å². The molecule has 0 unspecified atom stereocenters. The molecule has 0 N–H and O–H groups in total. The molecule has 1 aromatic carbocycles. The SMILES string of the molecule is C[C@@H]1C[C@H](c2ccc3cccc(C#N)c3n2)CN(C(=O)CC(F)(F)F)C1. The molecule has 136 valence electrons. The quantitative estimate of drug-likeness (QED) is 0.812. The van der Waals surface area contributed by atoms with Gasteiger partial charge in [0.2, 0.25) is 5.91 Å². The number of nitrogens with zero attached hydrogens (tertiary/aromatic N) is 3. The van der Waals surface area contributed by atoms with Crippen LogP contribution in [-0.2, 0) is 4.79 Å². The molecule has 1 aromatic heterocycles. The molecule has 2 atom stereocenters. The highest BCUT2D eigenvalue weighted by Gasteiger charge is 2.36. The number of alkyl halides is 3. The number of pyridine rings is 1. The lowest BCUT2D eigenvalue weighted by molar-refractivity contribution is -0.162. The van der Waals surface area contributed by atoms with Crippen molar-refractivity contribution in [1.29, 1.82) is 5.26 Å². The highest BCUT2D eigenvalue weighted by atomic mass is 19.4. The summed E-state index contributed by atoms with van der Waals surface area (Å²) < 4.78 is 37.6. The molecule has 1 amide bonds. The molecular formula is C19H18F3N3O. The van der Waals surface area contributed by atoms with Crippen molar-refractivity contribution in [3.8, 4) is 6.07 Å². The zero-order valence-corrected chi connectivity index (χ0v) is 14.3. The molecule has 1 saturated heterocycles. The maximum Gasteiger partial charge on any atom is 0.397 e. The van der Waals surface area contributed by atoms with Crippen LogP contribution < -0.4 is 0 Å². The van der Waals surface area contributed by atoms with Gasteiger partial charge in [0.1, 0.15) is 12.5 Å². The molecule has 26 heavy (non-hydrogen) atoms. The van der Waals surface area contributed by atoms with Crippen molar-refractivity contribution < 1.29 is 18.0 Å². The van der Waals surface area contributed by atoms with Crippen molar-refractivity contribution in [1.82, 2.24) is 9.88 Å². The first kappa shape index (κ1) is 18.2. The lowest BCUT2D eigenvalue weighted by Gasteiger charge is -2.36. The molecule has 3 rings (SSSR count). The van der Waals surface area contributed by atoms with E-state index in [1.165, 1.54) is 4.90 Å². The second kappa shape index (κ2) is 6.94. The summed E-state index contributed by atoms with van der Waals surface area (Å²) in [6.45, 7) is 2.46. The number of fused-ring (bicyclic) bond motifs is 1. The third-order valence-corrected chi connectivity index (χ3v) is 4.64. The van der Waals surface area contributed by atoms with Gasteiger partial charge >= 0.3 is 6.18 Å². The molecule has 1 fully saturated rings. The standard InChI is InChI=1S/C19H18F3N3O/c1-12-7-15(11-25(10-12)17(26)8-19(20,21)22)16-6-5-13-3-2-4-14(9-23)18(13)24-16/h2-6,12,15H,7-8,10-11H2,1H3/t12-,15+/m1/s1. The first-order chi connectivity index (χ1) is 12.3. The van der Waals surface area contributed by atoms with Crippen LogP contribution in [0.5, 0.6) is 0 Å². The third kappa shape index (κ3) is 3.96. The number of likely N-dealkylation sites (tertiary alicyclic amines) is 1. The van der Waals surface area contributed by atoms with Crippen molar-refractivity contribution in [2.45, 2.75) is 31.9 Å². The summed E-state index contributed by atoms with van der Waals surface area (Å²) in [4.78, 5) is 17.9. The van der Waals surface area contributed by atoms with Gasteiger partial charge in [-0.3, -0.25) is 9.78 Å². The van der Waals surface area contributed by atoms with Crippen LogP contribution in [0.1, 0.15) is 36.9 Å². The smallest absolute Gasteiger partial charge is 0.341 e. The molecule has 0 radical (unpaired) electrons. The monoisotopic (exact) mass is 361 g/mol. The topological polar surface area (TPSA) is 57.0 Å². The van der Waals surface area contributed by atoms with Gasteiger partial charge in [0.15, 0.2) is 0 Å². The Hall–Kier alpha value is -2.62. The van der Waals surface area contributed by atoms with Crippen LogP contribution >= 0.6 is 0 Å². The van der Waals surface area contributed by atoms with Gasteiger partial charge in [-0.2, -0.15) is 18.4 Å². The largest absolute Gasteiger partial charge is 0.397 e. The van der Waals surface area contributed by atoms with E-state index in [9.17, 15) is 23.2 Å².